The Balaban J connectivity index is 1.88. The minimum atomic E-state index is 0.346. The molecule has 2 heterocycles. The normalized spacial score (nSPS) is 10.5. The Morgan fingerprint density at radius 3 is 2.23 bits per heavy atom. The van der Waals surface area contributed by atoms with Crippen LogP contribution >= 0.6 is 0 Å². The van der Waals surface area contributed by atoms with Gasteiger partial charge in [-0.15, -0.1) is 0 Å². The molecule has 0 saturated carbocycles. The van der Waals surface area contributed by atoms with Crippen molar-refractivity contribution in [2.24, 2.45) is 0 Å². The van der Waals surface area contributed by atoms with E-state index in [1.807, 2.05) is 66.7 Å². The van der Waals surface area contributed by atoms with Gasteiger partial charge in [0.25, 0.3) is 0 Å². The van der Waals surface area contributed by atoms with Crippen LogP contribution in [0, 0.1) is 34.0 Å². The van der Waals surface area contributed by atoms with Gasteiger partial charge in [-0.25, -0.2) is 0 Å². The number of para-hydroxylation sites is 2. The van der Waals surface area contributed by atoms with Crippen LogP contribution < -0.4 is 0 Å². The number of fused-ring (bicyclic) bond motifs is 3. The second kappa shape index (κ2) is 7.16. The van der Waals surface area contributed by atoms with Gasteiger partial charge < -0.3 is 4.57 Å². The van der Waals surface area contributed by atoms with Crippen LogP contribution in [0.1, 0.15) is 16.7 Å². The predicted molar refractivity (Wildman–Crippen MR) is 118 cm³/mol. The topological polar surface area (TPSA) is 89.2 Å². The summed E-state index contributed by atoms with van der Waals surface area (Å²) in [5.74, 6) is 0. The first-order valence-corrected chi connectivity index (χ1v) is 9.58. The van der Waals surface area contributed by atoms with Gasteiger partial charge in [-0.1, -0.05) is 36.4 Å². The molecule has 5 aromatic rings. The highest BCUT2D eigenvalue weighted by Crippen LogP contribution is 2.36. The molecule has 0 fully saturated rings. The number of hydrogen-bond acceptors (Lipinski definition) is 4. The minimum Gasteiger partial charge on any atom is -0.309 e. The summed E-state index contributed by atoms with van der Waals surface area (Å²) in [6.45, 7) is 0. The summed E-state index contributed by atoms with van der Waals surface area (Å²) in [5.41, 5.74) is 5.42. The van der Waals surface area contributed by atoms with Crippen molar-refractivity contribution in [3.63, 3.8) is 0 Å². The highest BCUT2D eigenvalue weighted by Gasteiger charge is 2.18. The molecule has 0 aliphatic carbocycles. The van der Waals surface area contributed by atoms with Gasteiger partial charge in [0.15, 0.2) is 0 Å². The van der Waals surface area contributed by atoms with Crippen molar-refractivity contribution >= 4 is 21.8 Å². The zero-order valence-electron chi connectivity index (χ0n) is 16.2. The number of aromatic nitrogens is 2. The van der Waals surface area contributed by atoms with Crippen LogP contribution in [0.15, 0.2) is 79.0 Å². The summed E-state index contributed by atoms with van der Waals surface area (Å²) in [6, 6.07) is 29.4. The summed E-state index contributed by atoms with van der Waals surface area (Å²) in [6.07, 6.45) is 1.48. The molecule has 5 heteroatoms. The van der Waals surface area contributed by atoms with E-state index in [2.05, 4.69) is 21.7 Å². The Bertz CT molecular complexity index is 1620. The molecule has 0 radical (unpaired) electrons. The minimum absolute atomic E-state index is 0.346. The number of nitriles is 3. The standard InChI is InChI=1S/C26H13N5/c27-13-17-9-10-25-22(12-17)20-5-1-3-7-23(20)31(25)24-8-4-2-6-21(24)26-19(15-29)11-18(14-28)16-30-26/h1-12,16H. The second-order valence-electron chi connectivity index (χ2n) is 7.06. The lowest BCUT2D eigenvalue weighted by Gasteiger charge is -2.14. The van der Waals surface area contributed by atoms with Gasteiger partial charge in [-0.05, 0) is 36.4 Å². The summed E-state index contributed by atoms with van der Waals surface area (Å²) >= 11 is 0. The number of hydrogen-bond donors (Lipinski definition) is 0. The Kier molecular flexibility index (Phi) is 4.19. The van der Waals surface area contributed by atoms with Crippen molar-refractivity contribution in [2.75, 3.05) is 0 Å². The van der Waals surface area contributed by atoms with Crippen LogP contribution in [0.2, 0.25) is 0 Å². The van der Waals surface area contributed by atoms with Gasteiger partial charge in [0.05, 0.1) is 45.2 Å². The van der Waals surface area contributed by atoms with Crippen LogP contribution in [0.5, 0.6) is 0 Å². The van der Waals surface area contributed by atoms with E-state index in [1.165, 1.54) is 6.20 Å². The zero-order valence-corrected chi connectivity index (χ0v) is 16.2. The van der Waals surface area contributed by atoms with Crippen LogP contribution in [-0.2, 0) is 0 Å². The molecule has 142 valence electrons. The molecule has 5 rings (SSSR count). The fourth-order valence-corrected chi connectivity index (χ4v) is 4.00. The molecule has 0 amide bonds. The highest BCUT2D eigenvalue weighted by molar-refractivity contribution is 6.10. The van der Waals surface area contributed by atoms with Gasteiger partial charge in [-0.2, -0.15) is 15.8 Å². The van der Waals surface area contributed by atoms with E-state index in [0.717, 1.165) is 33.1 Å². The molecular weight excluding hydrogens is 382 g/mol. The Morgan fingerprint density at radius 2 is 1.42 bits per heavy atom. The van der Waals surface area contributed by atoms with E-state index in [-0.39, 0.29) is 0 Å². The Labute approximate surface area is 178 Å². The van der Waals surface area contributed by atoms with Gasteiger partial charge in [0.2, 0.25) is 0 Å². The first kappa shape index (κ1) is 18.1. The Morgan fingerprint density at radius 1 is 0.677 bits per heavy atom. The SMILES string of the molecule is N#Cc1cnc(-c2ccccc2-n2c3ccccc3c3cc(C#N)ccc32)c(C#N)c1. The summed E-state index contributed by atoms with van der Waals surface area (Å²) in [7, 11) is 0. The van der Waals surface area contributed by atoms with Gasteiger partial charge >= 0.3 is 0 Å². The molecule has 3 aromatic carbocycles. The summed E-state index contributed by atoms with van der Waals surface area (Å²) in [4.78, 5) is 4.45. The molecule has 0 aliphatic rings. The van der Waals surface area contributed by atoms with Crippen LogP contribution in [0.3, 0.4) is 0 Å². The monoisotopic (exact) mass is 395 g/mol. The predicted octanol–water partition coefficient (Wildman–Crippen LogP) is 5.46. The van der Waals surface area contributed by atoms with Crippen LogP contribution in [0.4, 0.5) is 0 Å². The van der Waals surface area contributed by atoms with Crippen LogP contribution in [-0.4, -0.2) is 9.55 Å². The summed E-state index contributed by atoms with van der Waals surface area (Å²) in [5, 5.41) is 30.3. The number of rotatable bonds is 2. The van der Waals surface area contributed by atoms with E-state index in [1.54, 1.807) is 12.1 Å². The largest absolute Gasteiger partial charge is 0.309 e. The fraction of sp³-hybridized carbons (Fsp3) is 0. The third-order valence-corrected chi connectivity index (χ3v) is 5.34. The summed E-state index contributed by atoms with van der Waals surface area (Å²) < 4.78 is 2.13. The van der Waals surface area contributed by atoms with Crippen molar-refractivity contribution in [1.29, 1.82) is 15.8 Å². The van der Waals surface area contributed by atoms with E-state index >= 15 is 0 Å². The average Bonchev–Trinajstić information content (AvgIpc) is 3.17. The average molecular weight is 395 g/mol. The maximum atomic E-state index is 9.69. The first-order valence-electron chi connectivity index (χ1n) is 9.58. The van der Waals surface area contributed by atoms with E-state index in [0.29, 0.717) is 22.4 Å². The molecule has 0 N–H and O–H groups in total. The second-order valence-corrected chi connectivity index (χ2v) is 7.06. The number of pyridine rings is 1. The molecule has 0 bridgehead atoms. The maximum absolute atomic E-state index is 9.69. The molecule has 2 aromatic heterocycles. The number of nitrogens with zero attached hydrogens (tertiary/aromatic N) is 5. The third-order valence-electron chi connectivity index (χ3n) is 5.34. The van der Waals surface area contributed by atoms with Gasteiger partial charge in [0, 0.05) is 22.5 Å². The van der Waals surface area contributed by atoms with Crippen molar-refractivity contribution in [3.8, 4) is 35.2 Å². The Hall–Kier alpha value is -4.92. The lowest BCUT2D eigenvalue weighted by Crippen LogP contribution is -2.00. The number of benzene rings is 3. The van der Waals surface area contributed by atoms with Crippen molar-refractivity contribution < 1.29 is 0 Å². The van der Waals surface area contributed by atoms with E-state index in [4.69, 9.17) is 0 Å². The smallest absolute Gasteiger partial charge is 0.101 e. The van der Waals surface area contributed by atoms with E-state index in [9.17, 15) is 15.8 Å². The highest BCUT2D eigenvalue weighted by atomic mass is 15.0. The third kappa shape index (κ3) is 2.80. The van der Waals surface area contributed by atoms with Crippen molar-refractivity contribution in [1.82, 2.24) is 9.55 Å². The molecular formula is C26H13N5. The molecule has 31 heavy (non-hydrogen) atoms. The van der Waals surface area contributed by atoms with Crippen molar-refractivity contribution in [2.45, 2.75) is 0 Å². The van der Waals surface area contributed by atoms with Gasteiger partial charge in [0.1, 0.15) is 12.1 Å². The lowest BCUT2D eigenvalue weighted by molar-refractivity contribution is 1.17. The van der Waals surface area contributed by atoms with Crippen LogP contribution in [0.25, 0.3) is 38.8 Å². The molecule has 0 saturated heterocycles. The lowest BCUT2D eigenvalue weighted by atomic mass is 10.0. The van der Waals surface area contributed by atoms with Gasteiger partial charge in [-0.3, -0.25) is 4.98 Å². The quantitative estimate of drug-likeness (QED) is 0.397. The maximum Gasteiger partial charge on any atom is 0.101 e. The van der Waals surface area contributed by atoms with Crippen molar-refractivity contribution in [3.05, 3.63) is 95.7 Å². The fourth-order valence-electron chi connectivity index (χ4n) is 4.00. The zero-order chi connectivity index (χ0) is 21.4. The molecule has 0 spiro atoms. The molecule has 0 unspecified atom stereocenters. The molecule has 0 atom stereocenters. The van der Waals surface area contributed by atoms with E-state index < -0.39 is 0 Å². The molecule has 5 nitrogen and oxygen atoms in total. The molecule has 0 aliphatic heterocycles. The first-order chi connectivity index (χ1) is 15.2.